The highest BCUT2D eigenvalue weighted by Crippen LogP contribution is 2.47. The molecule has 1 aromatic heterocycles. The Balaban J connectivity index is 1.45. The molecule has 2 fully saturated rings. The Morgan fingerprint density at radius 1 is 1.25 bits per heavy atom. The van der Waals surface area contributed by atoms with Crippen LogP contribution in [-0.2, 0) is 6.54 Å². The Kier molecular flexibility index (Phi) is 4.00. The molecule has 1 saturated carbocycles. The fourth-order valence-corrected chi connectivity index (χ4v) is 4.00. The number of nitrogens with zero attached hydrogens (tertiary/aromatic N) is 4. The summed E-state index contributed by atoms with van der Waals surface area (Å²) in [5, 5.41) is 7.91. The van der Waals surface area contributed by atoms with E-state index in [-0.39, 0.29) is 0 Å². The summed E-state index contributed by atoms with van der Waals surface area (Å²) in [6, 6.07) is 10.3. The maximum atomic E-state index is 4.51. The minimum absolute atomic E-state index is 0.588. The first-order valence-electron chi connectivity index (χ1n) is 8.83. The van der Waals surface area contributed by atoms with Gasteiger partial charge in [-0.2, -0.15) is 5.10 Å². The molecular formula is C19H25N5. The van der Waals surface area contributed by atoms with Crippen LogP contribution >= 0.6 is 0 Å². The van der Waals surface area contributed by atoms with Crippen LogP contribution in [-0.4, -0.2) is 40.8 Å². The summed E-state index contributed by atoms with van der Waals surface area (Å²) in [5.74, 6) is 1.02. The molecule has 0 radical (unpaired) electrons. The van der Waals surface area contributed by atoms with E-state index >= 15 is 0 Å². The maximum absolute atomic E-state index is 4.51. The molecule has 0 atom stereocenters. The molecule has 0 bridgehead atoms. The van der Waals surface area contributed by atoms with Gasteiger partial charge < -0.3 is 10.2 Å². The Bertz CT molecular complexity index is 715. The lowest BCUT2D eigenvalue weighted by atomic mass is 9.68. The Hall–Kier alpha value is -2.30. The number of nitrogens with one attached hydrogen (secondary N) is 1. The second-order valence-corrected chi connectivity index (χ2v) is 7.01. The monoisotopic (exact) mass is 323 g/mol. The zero-order valence-corrected chi connectivity index (χ0v) is 14.3. The van der Waals surface area contributed by atoms with E-state index in [9.17, 15) is 0 Å². The predicted octanol–water partition coefficient (Wildman–Crippen LogP) is 2.82. The second-order valence-electron chi connectivity index (χ2n) is 7.01. The van der Waals surface area contributed by atoms with Gasteiger partial charge in [0.15, 0.2) is 5.96 Å². The fraction of sp³-hybridized carbons (Fsp3) is 0.474. The van der Waals surface area contributed by atoms with E-state index in [4.69, 9.17) is 0 Å². The van der Waals surface area contributed by atoms with Crippen molar-refractivity contribution in [2.45, 2.75) is 32.2 Å². The second kappa shape index (κ2) is 6.30. The van der Waals surface area contributed by atoms with E-state index in [1.54, 1.807) is 0 Å². The SMILES string of the molecule is CN=C(NCc1ccccc1-n1cccn1)N1CCC2(CCC2)C1. The third-order valence-corrected chi connectivity index (χ3v) is 5.54. The normalized spacial score (nSPS) is 19.5. The quantitative estimate of drug-likeness (QED) is 0.698. The maximum Gasteiger partial charge on any atom is 0.193 e. The molecule has 5 nitrogen and oxygen atoms in total. The van der Waals surface area contributed by atoms with Crippen LogP contribution in [0, 0.1) is 5.41 Å². The number of hydrogen-bond acceptors (Lipinski definition) is 2. The van der Waals surface area contributed by atoms with Gasteiger partial charge in [0, 0.05) is 39.1 Å². The molecule has 5 heteroatoms. The smallest absolute Gasteiger partial charge is 0.193 e. The number of para-hydroxylation sites is 1. The highest BCUT2D eigenvalue weighted by Gasteiger charge is 2.43. The van der Waals surface area contributed by atoms with Gasteiger partial charge in [-0.3, -0.25) is 4.99 Å². The highest BCUT2D eigenvalue weighted by molar-refractivity contribution is 5.80. The molecule has 1 saturated heterocycles. The predicted molar refractivity (Wildman–Crippen MR) is 96.2 cm³/mol. The molecule has 2 aromatic rings. The van der Waals surface area contributed by atoms with Gasteiger partial charge in [-0.15, -0.1) is 0 Å². The first kappa shape index (κ1) is 15.2. The third-order valence-electron chi connectivity index (χ3n) is 5.54. The number of likely N-dealkylation sites (tertiary alicyclic amines) is 1. The van der Waals surface area contributed by atoms with E-state index in [1.807, 2.05) is 30.2 Å². The van der Waals surface area contributed by atoms with Gasteiger partial charge in [0.1, 0.15) is 0 Å². The number of hydrogen-bond donors (Lipinski definition) is 1. The van der Waals surface area contributed by atoms with E-state index in [1.165, 1.54) is 31.2 Å². The molecule has 2 aliphatic rings. The van der Waals surface area contributed by atoms with Crippen molar-refractivity contribution >= 4 is 5.96 Å². The van der Waals surface area contributed by atoms with Crippen molar-refractivity contribution in [2.75, 3.05) is 20.1 Å². The molecule has 1 spiro atoms. The van der Waals surface area contributed by atoms with Gasteiger partial charge in [0.05, 0.1) is 5.69 Å². The van der Waals surface area contributed by atoms with Gasteiger partial charge in [-0.1, -0.05) is 24.6 Å². The van der Waals surface area contributed by atoms with Crippen LogP contribution in [0.2, 0.25) is 0 Å². The molecule has 2 heterocycles. The Morgan fingerprint density at radius 2 is 2.12 bits per heavy atom. The van der Waals surface area contributed by atoms with Crippen LogP contribution in [0.3, 0.4) is 0 Å². The van der Waals surface area contributed by atoms with Crippen LogP contribution in [0.4, 0.5) is 0 Å². The summed E-state index contributed by atoms with van der Waals surface area (Å²) in [6.45, 7) is 3.04. The van der Waals surface area contributed by atoms with Crippen molar-refractivity contribution in [3.8, 4) is 5.69 Å². The summed E-state index contributed by atoms with van der Waals surface area (Å²) < 4.78 is 1.92. The minimum atomic E-state index is 0.588. The van der Waals surface area contributed by atoms with E-state index in [0.717, 1.165) is 31.3 Å². The van der Waals surface area contributed by atoms with Crippen LogP contribution < -0.4 is 5.32 Å². The van der Waals surface area contributed by atoms with Gasteiger partial charge in [-0.05, 0) is 42.4 Å². The summed E-state index contributed by atoms with van der Waals surface area (Å²) in [5.41, 5.74) is 2.92. The Labute approximate surface area is 143 Å². The topological polar surface area (TPSA) is 45.5 Å². The number of benzene rings is 1. The molecule has 0 unspecified atom stereocenters. The lowest BCUT2D eigenvalue weighted by Gasteiger charge is -2.38. The van der Waals surface area contributed by atoms with Crippen LogP contribution in [0.1, 0.15) is 31.2 Å². The Morgan fingerprint density at radius 3 is 2.79 bits per heavy atom. The molecule has 1 N–H and O–H groups in total. The number of aromatic nitrogens is 2. The lowest BCUT2D eigenvalue weighted by molar-refractivity contribution is 0.151. The molecule has 4 rings (SSSR count). The molecule has 1 aliphatic carbocycles. The third kappa shape index (κ3) is 2.79. The summed E-state index contributed by atoms with van der Waals surface area (Å²) in [7, 11) is 1.88. The molecule has 1 aliphatic heterocycles. The zero-order valence-electron chi connectivity index (χ0n) is 14.3. The number of aliphatic imine (C=N–C) groups is 1. The van der Waals surface area contributed by atoms with Crippen molar-refractivity contribution in [1.29, 1.82) is 0 Å². The zero-order chi connectivity index (χ0) is 16.4. The number of guanidine groups is 1. The highest BCUT2D eigenvalue weighted by atomic mass is 15.3. The number of rotatable bonds is 3. The molecule has 0 amide bonds. The average Bonchev–Trinajstić information content (AvgIpc) is 3.25. The van der Waals surface area contributed by atoms with Crippen molar-refractivity contribution in [2.24, 2.45) is 10.4 Å². The first-order chi connectivity index (χ1) is 11.8. The average molecular weight is 323 g/mol. The van der Waals surface area contributed by atoms with Crippen molar-refractivity contribution in [1.82, 2.24) is 20.0 Å². The summed E-state index contributed by atoms with van der Waals surface area (Å²) in [6.07, 6.45) is 9.29. The van der Waals surface area contributed by atoms with E-state index in [0.29, 0.717) is 5.41 Å². The fourth-order valence-electron chi connectivity index (χ4n) is 4.00. The first-order valence-corrected chi connectivity index (χ1v) is 8.83. The van der Waals surface area contributed by atoms with Gasteiger partial charge in [-0.25, -0.2) is 4.68 Å². The van der Waals surface area contributed by atoms with Crippen molar-refractivity contribution in [3.05, 3.63) is 48.3 Å². The molecular weight excluding hydrogens is 298 g/mol. The lowest BCUT2D eigenvalue weighted by Crippen LogP contribution is -2.42. The van der Waals surface area contributed by atoms with Crippen LogP contribution in [0.5, 0.6) is 0 Å². The van der Waals surface area contributed by atoms with Crippen molar-refractivity contribution in [3.63, 3.8) is 0 Å². The van der Waals surface area contributed by atoms with Gasteiger partial charge >= 0.3 is 0 Å². The summed E-state index contributed by atoms with van der Waals surface area (Å²) in [4.78, 5) is 6.94. The molecule has 24 heavy (non-hydrogen) atoms. The summed E-state index contributed by atoms with van der Waals surface area (Å²) >= 11 is 0. The minimum Gasteiger partial charge on any atom is -0.352 e. The van der Waals surface area contributed by atoms with E-state index in [2.05, 4.69) is 44.6 Å². The van der Waals surface area contributed by atoms with Gasteiger partial charge in [0.2, 0.25) is 0 Å². The van der Waals surface area contributed by atoms with Crippen LogP contribution in [0.15, 0.2) is 47.7 Å². The van der Waals surface area contributed by atoms with Crippen molar-refractivity contribution < 1.29 is 0 Å². The molecule has 1 aromatic carbocycles. The largest absolute Gasteiger partial charge is 0.352 e. The standard InChI is InChI=1S/C19H25N5/c1-20-18(23-13-10-19(15-23)8-4-9-19)21-14-16-6-2-3-7-17(16)24-12-5-11-22-24/h2-3,5-7,11-12H,4,8-10,13-15H2,1H3,(H,20,21). The molecule has 126 valence electrons. The van der Waals surface area contributed by atoms with Gasteiger partial charge in [0.25, 0.3) is 0 Å². The van der Waals surface area contributed by atoms with Crippen LogP contribution in [0.25, 0.3) is 5.69 Å². The van der Waals surface area contributed by atoms with E-state index < -0.39 is 0 Å².